The quantitative estimate of drug-likeness (QED) is 0.261. The molecule has 1 aromatic heterocycles. The monoisotopic (exact) mass is 452 g/mol. The smallest absolute Gasteiger partial charge is 0.191 e. The topological polar surface area (TPSA) is 39.7 Å². The standard InChI is InChI=1S/C17H32N4S.HI/c1-6-21(7-2)12-9-11-19-16(18-5)20-14-17(3,4)15-10-8-13-22-15;/h8,10,13H,6-7,9,11-12,14H2,1-5H3,(H2,18,19,20);1H. The summed E-state index contributed by atoms with van der Waals surface area (Å²) in [5.74, 6) is 0.893. The maximum Gasteiger partial charge on any atom is 0.191 e. The molecule has 0 aliphatic carbocycles. The lowest BCUT2D eigenvalue weighted by Gasteiger charge is -2.25. The number of nitrogens with one attached hydrogen (secondary N) is 2. The first-order chi connectivity index (χ1) is 10.5. The van der Waals surface area contributed by atoms with E-state index in [0.29, 0.717) is 0 Å². The van der Waals surface area contributed by atoms with Crippen LogP contribution in [0.3, 0.4) is 0 Å². The van der Waals surface area contributed by atoms with Gasteiger partial charge in [0.1, 0.15) is 0 Å². The Morgan fingerprint density at radius 2 is 1.96 bits per heavy atom. The second kappa shape index (κ2) is 12.1. The summed E-state index contributed by atoms with van der Waals surface area (Å²) in [5.41, 5.74) is 0.118. The molecule has 1 aromatic rings. The van der Waals surface area contributed by atoms with Crippen molar-refractivity contribution in [1.29, 1.82) is 0 Å². The number of aliphatic imine (C=N–C) groups is 1. The summed E-state index contributed by atoms with van der Waals surface area (Å²) in [6, 6.07) is 4.31. The normalized spacial score (nSPS) is 12.2. The predicted octanol–water partition coefficient (Wildman–Crippen LogP) is 3.54. The molecule has 134 valence electrons. The van der Waals surface area contributed by atoms with E-state index in [1.807, 2.05) is 18.4 Å². The molecule has 23 heavy (non-hydrogen) atoms. The minimum absolute atomic E-state index is 0. The molecule has 0 radical (unpaired) electrons. The molecule has 0 aliphatic heterocycles. The maximum atomic E-state index is 4.31. The van der Waals surface area contributed by atoms with Crippen molar-refractivity contribution in [3.8, 4) is 0 Å². The molecular weight excluding hydrogens is 419 g/mol. The summed E-state index contributed by atoms with van der Waals surface area (Å²) in [5, 5.41) is 8.99. The van der Waals surface area contributed by atoms with Crippen molar-refractivity contribution < 1.29 is 0 Å². The number of nitrogens with zero attached hydrogens (tertiary/aromatic N) is 2. The second-order valence-corrected chi connectivity index (χ2v) is 7.04. The fraction of sp³-hybridized carbons (Fsp3) is 0.706. The van der Waals surface area contributed by atoms with Gasteiger partial charge in [0, 0.05) is 30.4 Å². The van der Waals surface area contributed by atoms with Crippen LogP contribution in [0.5, 0.6) is 0 Å². The zero-order valence-corrected chi connectivity index (χ0v) is 18.3. The summed E-state index contributed by atoms with van der Waals surface area (Å²) in [6.07, 6.45) is 1.14. The van der Waals surface area contributed by atoms with Gasteiger partial charge in [-0.05, 0) is 37.5 Å². The molecule has 0 aliphatic rings. The number of hydrogen-bond donors (Lipinski definition) is 2. The van der Waals surface area contributed by atoms with Crippen LogP contribution in [0, 0.1) is 0 Å². The van der Waals surface area contributed by atoms with Crippen LogP contribution in [-0.2, 0) is 5.41 Å². The number of halogens is 1. The summed E-state index contributed by atoms with van der Waals surface area (Å²) in [4.78, 5) is 8.16. The number of hydrogen-bond acceptors (Lipinski definition) is 3. The molecule has 0 amide bonds. The van der Waals surface area contributed by atoms with Gasteiger partial charge in [0.15, 0.2) is 5.96 Å². The van der Waals surface area contributed by atoms with Crippen LogP contribution >= 0.6 is 35.3 Å². The molecule has 1 rings (SSSR count). The van der Waals surface area contributed by atoms with E-state index < -0.39 is 0 Å². The van der Waals surface area contributed by atoms with Gasteiger partial charge in [0.2, 0.25) is 0 Å². The Morgan fingerprint density at radius 1 is 1.26 bits per heavy atom. The van der Waals surface area contributed by atoms with Gasteiger partial charge in [-0.3, -0.25) is 4.99 Å². The van der Waals surface area contributed by atoms with Gasteiger partial charge in [-0.25, -0.2) is 0 Å². The first kappa shape index (κ1) is 22.7. The summed E-state index contributed by atoms with van der Waals surface area (Å²) in [7, 11) is 1.83. The van der Waals surface area contributed by atoms with Crippen molar-refractivity contribution in [2.75, 3.05) is 39.8 Å². The summed E-state index contributed by atoms with van der Waals surface area (Å²) < 4.78 is 0. The van der Waals surface area contributed by atoms with Gasteiger partial charge in [0.25, 0.3) is 0 Å². The van der Waals surface area contributed by atoms with Crippen LogP contribution in [0.2, 0.25) is 0 Å². The van der Waals surface area contributed by atoms with Crippen LogP contribution in [0.1, 0.15) is 39.0 Å². The number of rotatable bonds is 9. The SMILES string of the molecule is CCN(CC)CCCNC(=NC)NCC(C)(C)c1cccs1.I. The Kier molecular flexibility index (Phi) is 11.9. The van der Waals surface area contributed by atoms with Crippen molar-refractivity contribution in [3.05, 3.63) is 22.4 Å². The zero-order chi connectivity index (χ0) is 16.4. The van der Waals surface area contributed by atoms with E-state index in [0.717, 1.165) is 45.1 Å². The molecule has 6 heteroatoms. The van der Waals surface area contributed by atoms with E-state index in [1.165, 1.54) is 4.88 Å². The summed E-state index contributed by atoms with van der Waals surface area (Å²) in [6.45, 7) is 14.2. The molecule has 0 bridgehead atoms. The average Bonchev–Trinajstić information content (AvgIpc) is 3.05. The third-order valence-corrected chi connectivity index (χ3v) is 5.18. The Morgan fingerprint density at radius 3 is 2.48 bits per heavy atom. The highest BCUT2D eigenvalue weighted by Gasteiger charge is 2.21. The minimum Gasteiger partial charge on any atom is -0.356 e. The van der Waals surface area contributed by atoms with Gasteiger partial charge in [-0.2, -0.15) is 0 Å². The van der Waals surface area contributed by atoms with Crippen LogP contribution < -0.4 is 10.6 Å². The van der Waals surface area contributed by atoms with E-state index in [1.54, 1.807) is 0 Å². The average molecular weight is 452 g/mol. The molecule has 0 atom stereocenters. The van der Waals surface area contributed by atoms with E-state index >= 15 is 0 Å². The molecule has 1 heterocycles. The van der Waals surface area contributed by atoms with Crippen molar-refractivity contribution in [2.24, 2.45) is 4.99 Å². The molecule has 0 saturated heterocycles. The van der Waals surface area contributed by atoms with Crippen molar-refractivity contribution in [3.63, 3.8) is 0 Å². The van der Waals surface area contributed by atoms with Gasteiger partial charge in [0.05, 0.1) is 0 Å². The Hall–Kier alpha value is -0.340. The molecule has 0 unspecified atom stereocenters. The Balaban J connectivity index is 0.00000484. The lowest BCUT2D eigenvalue weighted by molar-refractivity contribution is 0.300. The highest BCUT2D eigenvalue weighted by atomic mass is 127. The van der Waals surface area contributed by atoms with Crippen molar-refractivity contribution in [1.82, 2.24) is 15.5 Å². The lowest BCUT2D eigenvalue weighted by atomic mass is 9.91. The van der Waals surface area contributed by atoms with Gasteiger partial charge < -0.3 is 15.5 Å². The zero-order valence-electron chi connectivity index (χ0n) is 15.2. The molecule has 0 spiro atoms. The highest BCUT2D eigenvalue weighted by molar-refractivity contribution is 14.0. The van der Waals surface area contributed by atoms with E-state index in [-0.39, 0.29) is 29.4 Å². The maximum absolute atomic E-state index is 4.31. The number of guanidine groups is 1. The third-order valence-electron chi connectivity index (χ3n) is 3.95. The second-order valence-electron chi connectivity index (χ2n) is 6.09. The molecule has 0 aromatic carbocycles. The Bertz CT molecular complexity index is 428. The number of thiophene rings is 1. The summed E-state index contributed by atoms with van der Waals surface area (Å²) >= 11 is 1.81. The van der Waals surface area contributed by atoms with Gasteiger partial charge >= 0.3 is 0 Å². The predicted molar refractivity (Wildman–Crippen MR) is 115 cm³/mol. The highest BCUT2D eigenvalue weighted by Crippen LogP contribution is 2.26. The van der Waals surface area contributed by atoms with E-state index in [9.17, 15) is 0 Å². The molecule has 0 saturated carbocycles. The van der Waals surface area contributed by atoms with E-state index in [2.05, 4.69) is 65.7 Å². The fourth-order valence-corrected chi connectivity index (χ4v) is 3.18. The van der Waals surface area contributed by atoms with Crippen LogP contribution in [0.4, 0.5) is 0 Å². The molecule has 2 N–H and O–H groups in total. The lowest BCUT2D eigenvalue weighted by Crippen LogP contribution is -2.43. The molecule has 4 nitrogen and oxygen atoms in total. The first-order valence-electron chi connectivity index (χ1n) is 8.24. The fourth-order valence-electron chi connectivity index (χ4n) is 2.33. The Labute approximate surface area is 163 Å². The van der Waals surface area contributed by atoms with Gasteiger partial charge in [-0.15, -0.1) is 35.3 Å². The first-order valence-corrected chi connectivity index (χ1v) is 9.12. The van der Waals surface area contributed by atoms with E-state index in [4.69, 9.17) is 0 Å². The molecule has 0 fully saturated rings. The minimum atomic E-state index is 0. The molecular formula is C17H33IN4S. The van der Waals surface area contributed by atoms with Crippen molar-refractivity contribution in [2.45, 2.75) is 39.5 Å². The van der Waals surface area contributed by atoms with Crippen LogP contribution in [0.15, 0.2) is 22.5 Å². The van der Waals surface area contributed by atoms with Crippen molar-refractivity contribution >= 4 is 41.3 Å². The van der Waals surface area contributed by atoms with Gasteiger partial charge in [-0.1, -0.05) is 33.8 Å². The third kappa shape index (κ3) is 8.35. The largest absolute Gasteiger partial charge is 0.356 e. The van der Waals surface area contributed by atoms with Crippen LogP contribution in [0.25, 0.3) is 0 Å². The van der Waals surface area contributed by atoms with Crippen LogP contribution in [-0.4, -0.2) is 50.6 Å².